The van der Waals surface area contributed by atoms with Gasteiger partial charge in [0.2, 0.25) is 5.69 Å². The van der Waals surface area contributed by atoms with Crippen molar-refractivity contribution in [2.45, 2.75) is 0 Å². The summed E-state index contributed by atoms with van der Waals surface area (Å²) >= 11 is 0. The van der Waals surface area contributed by atoms with Gasteiger partial charge >= 0.3 is 0 Å². The van der Waals surface area contributed by atoms with Crippen molar-refractivity contribution in [3.8, 4) is 28.6 Å². The molecule has 0 spiro atoms. The average Bonchev–Trinajstić information content (AvgIpc) is 3.57. The van der Waals surface area contributed by atoms with Crippen LogP contribution in [0.5, 0.6) is 0 Å². The number of benzene rings is 6. The summed E-state index contributed by atoms with van der Waals surface area (Å²) in [4.78, 5) is 3.94. The number of hydrogen-bond acceptors (Lipinski definition) is 1. The van der Waals surface area contributed by atoms with Gasteiger partial charge in [0.25, 0.3) is 0 Å². The summed E-state index contributed by atoms with van der Waals surface area (Å²) in [6.45, 7) is 8.03. The van der Waals surface area contributed by atoms with E-state index in [4.69, 9.17) is 6.57 Å². The molecule has 0 aliphatic heterocycles. The third-order valence-electron chi connectivity index (χ3n) is 8.17. The summed E-state index contributed by atoms with van der Waals surface area (Å²) in [6, 6.07) is 47.8. The minimum Gasteiger partial charge on any atom is -0.319 e. The van der Waals surface area contributed by atoms with Crippen LogP contribution in [0.25, 0.3) is 71.0 Å². The van der Waals surface area contributed by atoms with Crippen LogP contribution in [0.2, 0.25) is 0 Å². The summed E-state index contributed by atoms with van der Waals surface area (Å²) in [5.74, 6) is 0. The second-order valence-corrected chi connectivity index (χ2v) is 10.4. The molecule has 0 atom stereocenters. The Balaban J connectivity index is 1.42. The first-order valence-electron chi connectivity index (χ1n) is 13.8. The smallest absolute Gasteiger partial charge is 0.210 e. The summed E-state index contributed by atoms with van der Waals surface area (Å²) in [5, 5.41) is 14.1. The zero-order chi connectivity index (χ0) is 28.2. The Kier molecular flexibility index (Phi) is 5.22. The highest BCUT2D eigenvalue weighted by Crippen LogP contribution is 2.40. The number of fused-ring (bicyclic) bond motifs is 6. The molecule has 42 heavy (non-hydrogen) atoms. The molecule has 0 N–H and O–H groups in total. The minimum absolute atomic E-state index is 0.601. The zero-order valence-corrected chi connectivity index (χ0v) is 22.5. The average molecular weight is 535 g/mol. The standard InChI is InChI=1S/C38H22N4/c1-40-32-20-19-26(23-38(32)42-34-15-7-3-11-28(34)29-12-4-8-16-35(29)42)27-10-2-6-14-33(27)41-36-17-9-5-13-30(36)31-22-25(24-39)18-21-37(31)41/h2-23H. The summed E-state index contributed by atoms with van der Waals surface area (Å²) < 4.78 is 4.50. The molecule has 4 nitrogen and oxygen atoms in total. The van der Waals surface area contributed by atoms with Crippen molar-refractivity contribution >= 4 is 49.3 Å². The Morgan fingerprint density at radius 1 is 0.524 bits per heavy atom. The molecular formula is C38H22N4. The molecule has 2 aromatic heterocycles. The molecule has 6 aromatic carbocycles. The van der Waals surface area contributed by atoms with Crippen LogP contribution in [0.3, 0.4) is 0 Å². The summed E-state index contributed by atoms with van der Waals surface area (Å²) in [6.07, 6.45) is 0. The number of nitrogens with zero attached hydrogens (tertiary/aromatic N) is 4. The molecule has 0 radical (unpaired) electrons. The van der Waals surface area contributed by atoms with Gasteiger partial charge in [-0.05, 0) is 54.1 Å². The fourth-order valence-electron chi connectivity index (χ4n) is 6.36. The molecule has 0 saturated carbocycles. The molecule has 0 aliphatic rings. The van der Waals surface area contributed by atoms with E-state index in [1.165, 1.54) is 0 Å². The second-order valence-electron chi connectivity index (χ2n) is 10.4. The molecule has 0 saturated heterocycles. The molecular weight excluding hydrogens is 512 g/mol. The van der Waals surface area contributed by atoms with Gasteiger partial charge in [0.15, 0.2) is 0 Å². The lowest BCUT2D eigenvalue weighted by molar-refractivity contribution is 1.17. The van der Waals surface area contributed by atoms with Crippen LogP contribution in [-0.4, -0.2) is 9.13 Å². The van der Waals surface area contributed by atoms with E-state index in [1.54, 1.807) is 0 Å². The van der Waals surface area contributed by atoms with Crippen molar-refractivity contribution in [3.05, 3.63) is 150 Å². The molecule has 4 heteroatoms. The minimum atomic E-state index is 0.601. The molecule has 0 amide bonds. The van der Waals surface area contributed by atoms with Crippen LogP contribution in [0, 0.1) is 17.9 Å². The number of hydrogen-bond donors (Lipinski definition) is 0. The Morgan fingerprint density at radius 3 is 1.71 bits per heavy atom. The van der Waals surface area contributed by atoms with Crippen LogP contribution in [0.15, 0.2) is 133 Å². The van der Waals surface area contributed by atoms with Crippen molar-refractivity contribution in [2.24, 2.45) is 0 Å². The van der Waals surface area contributed by atoms with Crippen LogP contribution >= 0.6 is 0 Å². The third kappa shape index (κ3) is 3.40. The van der Waals surface area contributed by atoms with E-state index in [2.05, 4.69) is 105 Å². The number of rotatable bonds is 3. The van der Waals surface area contributed by atoms with Gasteiger partial charge in [-0.25, -0.2) is 4.85 Å². The first kappa shape index (κ1) is 23.8. The van der Waals surface area contributed by atoms with Crippen LogP contribution in [-0.2, 0) is 0 Å². The van der Waals surface area contributed by atoms with E-state index >= 15 is 0 Å². The van der Waals surface area contributed by atoms with Crippen molar-refractivity contribution < 1.29 is 0 Å². The lowest BCUT2D eigenvalue weighted by Crippen LogP contribution is -1.99. The normalized spacial score (nSPS) is 11.3. The van der Waals surface area contributed by atoms with Crippen molar-refractivity contribution in [3.63, 3.8) is 0 Å². The molecule has 0 bridgehead atoms. The van der Waals surface area contributed by atoms with Gasteiger partial charge < -0.3 is 9.13 Å². The molecule has 194 valence electrons. The van der Waals surface area contributed by atoms with Gasteiger partial charge in [-0.1, -0.05) is 84.9 Å². The summed E-state index contributed by atoms with van der Waals surface area (Å²) in [5.41, 5.74) is 9.49. The summed E-state index contributed by atoms with van der Waals surface area (Å²) in [7, 11) is 0. The van der Waals surface area contributed by atoms with E-state index in [9.17, 15) is 5.26 Å². The van der Waals surface area contributed by atoms with E-state index in [0.29, 0.717) is 11.3 Å². The molecule has 8 rings (SSSR count). The van der Waals surface area contributed by atoms with E-state index < -0.39 is 0 Å². The van der Waals surface area contributed by atoms with E-state index in [0.717, 1.165) is 66.1 Å². The Bertz CT molecular complexity index is 2390. The lowest BCUT2D eigenvalue weighted by atomic mass is 10.0. The number of aromatic nitrogens is 2. The molecule has 0 fully saturated rings. The molecule has 8 aromatic rings. The first-order chi connectivity index (χ1) is 20.8. The van der Waals surface area contributed by atoms with Gasteiger partial charge in [-0.3, -0.25) is 0 Å². The maximum Gasteiger partial charge on any atom is 0.210 e. The molecule has 0 aliphatic carbocycles. The SMILES string of the molecule is [C-]#[N+]c1ccc(-c2ccccc2-n2c3ccccc3c3cc(C#N)ccc32)cc1-n1c2ccccc2c2ccccc21. The predicted molar refractivity (Wildman–Crippen MR) is 172 cm³/mol. The highest BCUT2D eigenvalue weighted by atomic mass is 15.0. The van der Waals surface area contributed by atoms with Gasteiger partial charge in [-0.15, -0.1) is 0 Å². The second kappa shape index (κ2) is 9.24. The highest BCUT2D eigenvalue weighted by molar-refractivity contribution is 6.11. The fourth-order valence-corrected chi connectivity index (χ4v) is 6.36. The zero-order valence-electron chi connectivity index (χ0n) is 22.5. The topological polar surface area (TPSA) is 38.0 Å². The molecule has 0 unspecified atom stereocenters. The highest BCUT2D eigenvalue weighted by Gasteiger charge is 2.19. The van der Waals surface area contributed by atoms with Crippen molar-refractivity contribution in [1.29, 1.82) is 5.26 Å². The van der Waals surface area contributed by atoms with Gasteiger partial charge in [0, 0.05) is 27.1 Å². The largest absolute Gasteiger partial charge is 0.319 e. The van der Waals surface area contributed by atoms with Gasteiger partial charge in [0.1, 0.15) is 0 Å². The molecule has 2 heterocycles. The third-order valence-corrected chi connectivity index (χ3v) is 8.17. The van der Waals surface area contributed by atoms with E-state index in [1.807, 2.05) is 48.5 Å². The van der Waals surface area contributed by atoms with Gasteiger partial charge in [0.05, 0.1) is 51.6 Å². The number of para-hydroxylation sites is 4. The maximum absolute atomic E-state index is 9.59. The van der Waals surface area contributed by atoms with Gasteiger partial charge in [-0.2, -0.15) is 5.26 Å². The first-order valence-corrected chi connectivity index (χ1v) is 13.8. The van der Waals surface area contributed by atoms with Crippen LogP contribution in [0.4, 0.5) is 5.69 Å². The quantitative estimate of drug-likeness (QED) is 0.208. The van der Waals surface area contributed by atoms with Crippen molar-refractivity contribution in [2.75, 3.05) is 0 Å². The predicted octanol–water partition coefficient (Wildman–Crippen LogP) is 9.97. The van der Waals surface area contributed by atoms with Crippen LogP contribution < -0.4 is 0 Å². The van der Waals surface area contributed by atoms with Crippen LogP contribution in [0.1, 0.15) is 5.56 Å². The fraction of sp³-hybridized carbons (Fsp3) is 0. The van der Waals surface area contributed by atoms with E-state index in [-0.39, 0.29) is 0 Å². The lowest BCUT2D eigenvalue weighted by Gasteiger charge is -2.16. The maximum atomic E-state index is 9.59. The Hall–Kier alpha value is -6.10. The Labute approximate surface area is 242 Å². The number of nitriles is 1. The Morgan fingerprint density at radius 2 is 1.07 bits per heavy atom. The van der Waals surface area contributed by atoms with Crippen molar-refractivity contribution in [1.82, 2.24) is 9.13 Å². The monoisotopic (exact) mass is 534 g/mol.